The summed E-state index contributed by atoms with van der Waals surface area (Å²) in [6.07, 6.45) is 1.17. The summed E-state index contributed by atoms with van der Waals surface area (Å²) in [4.78, 5) is 0. The first kappa shape index (κ1) is 12.4. The van der Waals surface area contributed by atoms with E-state index in [0.717, 1.165) is 34.6 Å². The van der Waals surface area contributed by atoms with Crippen LogP contribution < -0.4 is 5.32 Å². The summed E-state index contributed by atoms with van der Waals surface area (Å²) in [5.74, 6) is 0. The van der Waals surface area contributed by atoms with Crippen LogP contribution in [0.4, 0.5) is 0 Å². The van der Waals surface area contributed by atoms with Gasteiger partial charge in [0.25, 0.3) is 0 Å². The van der Waals surface area contributed by atoms with Crippen LogP contribution in [0.5, 0.6) is 0 Å². The van der Waals surface area contributed by atoms with Crippen molar-refractivity contribution in [2.75, 3.05) is 13.2 Å². The fourth-order valence-electron chi connectivity index (χ4n) is 1.85. The van der Waals surface area contributed by atoms with Crippen LogP contribution in [0, 0.1) is 0 Å². The lowest BCUT2D eigenvalue weighted by atomic mass is 10.1. The summed E-state index contributed by atoms with van der Waals surface area (Å²) < 4.78 is 6.82. The molecule has 0 spiro atoms. The SMILES string of the molecule is CCC1COC(c2ccc(Br)cc2Cl)CN1. The highest BCUT2D eigenvalue weighted by Crippen LogP contribution is 2.29. The second kappa shape index (κ2) is 5.50. The Balaban J connectivity index is 2.08. The molecule has 1 aliphatic rings. The third-order valence-corrected chi connectivity index (χ3v) is 3.71. The minimum Gasteiger partial charge on any atom is -0.371 e. The summed E-state index contributed by atoms with van der Waals surface area (Å²) in [7, 11) is 0. The predicted molar refractivity (Wildman–Crippen MR) is 69.9 cm³/mol. The molecule has 1 aromatic rings. The molecular weight excluding hydrogens is 289 g/mol. The molecule has 0 amide bonds. The third kappa shape index (κ3) is 2.77. The minimum absolute atomic E-state index is 0.0726. The molecule has 2 nitrogen and oxygen atoms in total. The lowest BCUT2D eigenvalue weighted by Crippen LogP contribution is -2.42. The highest BCUT2D eigenvalue weighted by molar-refractivity contribution is 9.10. The van der Waals surface area contributed by atoms with E-state index in [9.17, 15) is 0 Å². The van der Waals surface area contributed by atoms with Crippen LogP contribution >= 0.6 is 27.5 Å². The van der Waals surface area contributed by atoms with E-state index in [-0.39, 0.29) is 6.10 Å². The Morgan fingerprint density at radius 3 is 2.94 bits per heavy atom. The molecule has 16 heavy (non-hydrogen) atoms. The molecular formula is C12H15BrClNO. The molecule has 1 heterocycles. The van der Waals surface area contributed by atoms with E-state index in [4.69, 9.17) is 16.3 Å². The first-order valence-electron chi connectivity index (χ1n) is 5.50. The van der Waals surface area contributed by atoms with Gasteiger partial charge in [0.05, 0.1) is 12.7 Å². The van der Waals surface area contributed by atoms with Crippen LogP contribution in [0.3, 0.4) is 0 Å². The van der Waals surface area contributed by atoms with Gasteiger partial charge in [-0.25, -0.2) is 0 Å². The average molecular weight is 305 g/mol. The molecule has 0 radical (unpaired) electrons. The number of rotatable bonds is 2. The Labute approximate surface area is 109 Å². The van der Waals surface area contributed by atoms with Crippen molar-refractivity contribution in [2.45, 2.75) is 25.5 Å². The predicted octanol–water partition coefficient (Wildman–Crippen LogP) is 3.54. The van der Waals surface area contributed by atoms with Gasteiger partial charge in [-0.1, -0.05) is 40.5 Å². The number of nitrogens with one attached hydrogen (secondary N) is 1. The molecule has 0 aliphatic carbocycles. The van der Waals surface area contributed by atoms with Gasteiger partial charge >= 0.3 is 0 Å². The van der Waals surface area contributed by atoms with E-state index in [1.807, 2.05) is 18.2 Å². The summed E-state index contributed by atoms with van der Waals surface area (Å²) in [5, 5.41) is 4.22. The molecule has 4 heteroatoms. The minimum atomic E-state index is 0.0726. The van der Waals surface area contributed by atoms with Crippen LogP contribution in [-0.2, 0) is 4.74 Å². The van der Waals surface area contributed by atoms with Crippen LogP contribution in [0.2, 0.25) is 5.02 Å². The van der Waals surface area contributed by atoms with Crippen LogP contribution in [0.15, 0.2) is 22.7 Å². The molecule has 2 rings (SSSR count). The molecule has 0 saturated carbocycles. The van der Waals surface area contributed by atoms with Crippen molar-refractivity contribution in [3.8, 4) is 0 Å². The summed E-state index contributed by atoms with van der Waals surface area (Å²) in [5.41, 5.74) is 1.06. The summed E-state index contributed by atoms with van der Waals surface area (Å²) in [6, 6.07) is 6.40. The van der Waals surface area contributed by atoms with E-state index in [2.05, 4.69) is 28.2 Å². The lowest BCUT2D eigenvalue weighted by molar-refractivity contribution is 0.00228. The maximum absolute atomic E-state index is 6.20. The molecule has 2 unspecified atom stereocenters. The van der Waals surface area contributed by atoms with Gasteiger partial charge in [-0.2, -0.15) is 0 Å². The first-order chi connectivity index (χ1) is 7.70. The molecule has 1 fully saturated rings. The van der Waals surface area contributed by atoms with Crippen molar-refractivity contribution in [1.82, 2.24) is 5.32 Å². The van der Waals surface area contributed by atoms with Crippen molar-refractivity contribution in [1.29, 1.82) is 0 Å². The van der Waals surface area contributed by atoms with Gasteiger partial charge in [0, 0.05) is 27.6 Å². The third-order valence-electron chi connectivity index (χ3n) is 2.89. The Hall–Kier alpha value is -0.0900. The molecule has 1 N–H and O–H groups in total. The van der Waals surface area contributed by atoms with E-state index in [0.29, 0.717) is 6.04 Å². The maximum Gasteiger partial charge on any atom is 0.0964 e. The number of halogens is 2. The number of ether oxygens (including phenoxy) is 1. The Bertz CT molecular complexity index is 364. The standard InChI is InChI=1S/C12H15BrClNO/c1-2-9-7-16-12(6-15-9)10-4-3-8(13)5-11(10)14/h3-5,9,12,15H,2,6-7H2,1H3. The molecule has 1 aromatic carbocycles. The average Bonchev–Trinajstić information content (AvgIpc) is 2.29. The van der Waals surface area contributed by atoms with Gasteiger partial charge in [-0.15, -0.1) is 0 Å². The highest BCUT2D eigenvalue weighted by Gasteiger charge is 2.22. The number of hydrogen-bond acceptors (Lipinski definition) is 2. The lowest BCUT2D eigenvalue weighted by Gasteiger charge is -2.30. The van der Waals surface area contributed by atoms with Gasteiger partial charge in [-0.05, 0) is 18.6 Å². The zero-order valence-corrected chi connectivity index (χ0v) is 11.5. The van der Waals surface area contributed by atoms with Crippen LogP contribution in [-0.4, -0.2) is 19.2 Å². The Kier molecular flexibility index (Phi) is 4.25. The molecule has 0 bridgehead atoms. The highest BCUT2D eigenvalue weighted by atomic mass is 79.9. The molecule has 88 valence electrons. The van der Waals surface area contributed by atoms with Crippen molar-refractivity contribution < 1.29 is 4.74 Å². The van der Waals surface area contributed by atoms with E-state index < -0.39 is 0 Å². The van der Waals surface area contributed by atoms with E-state index >= 15 is 0 Å². The quantitative estimate of drug-likeness (QED) is 0.902. The number of morpholine rings is 1. The zero-order chi connectivity index (χ0) is 11.5. The molecule has 1 aliphatic heterocycles. The van der Waals surface area contributed by atoms with Crippen molar-refractivity contribution in [2.24, 2.45) is 0 Å². The second-order valence-corrected chi connectivity index (χ2v) is 5.32. The van der Waals surface area contributed by atoms with Gasteiger partial charge in [0.15, 0.2) is 0 Å². The second-order valence-electron chi connectivity index (χ2n) is 4.00. The molecule has 0 aromatic heterocycles. The summed E-state index contributed by atoms with van der Waals surface area (Å²) in [6.45, 7) is 3.75. The van der Waals surface area contributed by atoms with Gasteiger partial charge < -0.3 is 10.1 Å². The van der Waals surface area contributed by atoms with Gasteiger partial charge in [0.1, 0.15) is 0 Å². The van der Waals surface area contributed by atoms with E-state index in [1.165, 1.54) is 0 Å². The fourth-order valence-corrected chi connectivity index (χ4v) is 2.64. The monoisotopic (exact) mass is 303 g/mol. The molecule has 1 saturated heterocycles. The normalized spacial score (nSPS) is 25.7. The topological polar surface area (TPSA) is 21.3 Å². The van der Waals surface area contributed by atoms with Gasteiger partial charge in [-0.3, -0.25) is 0 Å². The zero-order valence-electron chi connectivity index (χ0n) is 9.17. The summed E-state index contributed by atoms with van der Waals surface area (Å²) >= 11 is 9.60. The van der Waals surface area contributed by atoms with Crippen LogP contribution in [0.1, 0.15) is 25.0 Å². The van der Waals surface area contributed by atoms with Crippen LogP contribution in [0.25, 0.3) is 0 Å². The molecule has 2 atom stereocenters. The number of hydrogen-bond donors (Lipinski definition) is 1. The Morgan fingerprint density at radius 1 is 1.56 bits per heavy atom. The van der Waals surface area contributed by atoms with Crippen molar-refractivity contribution >= 4 is 27.5 Å². The number of benzene rings is 1. The van der Waals surface area contributed by atoms with E-state index in [1.54, 1.807) is 0 Å². The smallest absolute Gasteiger partial charge is 0.0964 e. The Morgan fingerprint density at radius 2 is 2.38 bits per heavy atom. The first-order valence-corrected chi connectivity index (χ1v) is 6.67. The largest absolute Gasteiger partial charge is 0.371 e. The van der Waals surface area contributed by atoms with Crippen molar-refractivity contribution in [3.05, 3.63) is 33.3 Å². The van der Waals surface area contributed by atoms with Gasteiger partial charge in [0.2, 0.25) is 0 Å². The fraction of sp³-hybridized carbons (Fsp3) is 0.500. The maximum atomic E-state index is 6.20. The van der Waals surface area contributed by atoms with Crippen molar-refractivity contribution in [3.63, 3.8) is 0 Å².